The van der Waals surface area contributed by atoms with Gasteiger partial charge in [-0.2, -0.15) is 0 Å². The predicted molar refractivity (Wildman–Crippen MR) is 34.7 cm³/mol. The summed E-state index contributed by atoms with van der Waals surface area (Å²) >= 11 is 3.90. The first kappa shape index (κ1) is 5.84. The van der Waals surface area contributed by atoms with E-state index < -0.39 is 0 Å². The molecule has 1 aromatic heterocycles. The Labute approximate surface area is 55.7 Å². The molecule has 0 saturated carbocycles. The molecule has 0 saturated heterocycles. The molecule has 0 fully saturated rings. The molecule has 42 valence electrons. The second-order valence-corrected chi connectivity index (χ2v) is 2.20. The highest BCUT2D eigenvalue weighted by Gasteiger charge is 1.85. The van der Waals surface area contributed by atoms with Gasteiger partial charge in [0.05, 0.1) is 6.20 Å². The van der Waals surface area contributed by atoms with Gasteiger partial charge in [-0.1, -0.05) is 0 Å². The topological polar surface area (TPSA) is 38.7 Å². The molecule has 3 nitrogen and oxygen atoms in total. The van der Waals surface area contributed by atoms with Crippen molar-refractivity contribution in [1.29, 1.82) is 0 Å². The first-order chi connectivity index (χ1) is 3.93. The summed E-state index contributed by atoms with van der Waals surface area (Å²) in [6.45, 7) is 0. The largest absolute Gasteiger partial charge is 0.139 e. The average molecular weight is 145 g/mol. The van der Waals surface area contributed by atoms with Gasteiger partial charge in [-0.15, -0.1) is 21.9 Å². The van der Waals surface area contributed by atoms with Gasteiger partial charge in [0.25, 0.3) is 0 Å². The van der Waals surface area contributed by atoms with E-state index in [4.69, 9.17) is 0 Å². The maximum Gasteiger partial charge on any atom is 0.132 e. The van der Waals surface area contributed by atoms with Gasteiger partial charge in [-0.05, 0) is 22.1 Å². The summed E-state index contributed by atoms with van der Waals surface area (Å²) in [6, 6.07) is 1.74. The van der Waals surface area contributed by atoms with Gasteiger partial charge in [0, 0.05) is 0 Å². The minimum Gasteiger partial charge on any atom is -0.139 e. The third kappa shape index (κ3) is 1.34. The van der Waals surface area contributed by atoms with Crippen LogP contribution in [0, 0.1) is 0 Å². The Bertz CT molecular complexity index is 154. The van der Waals surface area contributed by atoms with Crippen LogP contribution in [0.25, 0.3) is 0 Å². The molecule has 0 aromatic carbocycles. The van der Waals surface area contributed by atoms with E-state index in [-0.39, 0.29) is 0 Å². The molecule has 0 radical (unpaired) electrons. The molecule has 0 aliphatic carbocycles. The Hall–Kier alpha value is -0.290. The van der Waals surface area contributed by atoms with Crippen molar-refractivity contribution in [2.75, 3.05) is 0 Å². The molecule has 0 aliphatic heterocycles. The summed E-state index contributed by atoms with van der Waals surface area (Å²) < 4.78 is 0. The number of hydrogen-bond donors (Lipinski definition) is 1. The zero-order valence-electron chi connectivity index (χ0n) is 3.85. The monoisotopic (exact) mass is 145 g/mol. The van der Waals surface area contributed by atoms with E-state index in [1.807, 2.05) is 0 Å². The maximum atomic E-state index is 3.90. The van der Waals surface area contributed by atoms with E-state index in [9.17, 15) is 0 Å². The van der Waals surface area contributed by atoms with Crippen molar-refractivity contribution in [2.24, 2.45) is 0 Å². The van der Waals surface area contributed by atoms with Crippen LogP contribution < -0.4 is 0 Å². The highest BCUT2D eigenvalue weighted by atomic mass is 33.1. The summed E-state index contributed by atoms with van der Waals surface area (Å²) in [4.78, 5) is 0. The number of aromatic nitrogens is 3. The second kappa shape index (κ2) is 2.88. The molecule has 0 N–H and O–H groups in total. The molecule has 0 bridgehead atoms. The summed E-state index contributed by atoms with van der Waals surface area (Å²) in [6.07, 6.45) is 1.57. The Kier molecular flexibility index (Phi) is 2.11. The number of hydrogen-bond acceptors (Lipinski definition) is 5. The van der Waals surface area contributed by atoms with Gasteiger partial charge >= 0.3 is 0 Å². The van der Waals surface area contributed by atoms with Gasteiger partial charge < -0.3 is 0 Å². The zero-order valence-corrected chi connectivity index (χ0v) is 5.56. The van der Waals surface area contributed by atoms with E-state index in [2.05, 4.69) is 27.1 Å². The van der Waals surface area contributed by atoms with Crippen LogP contribution in [-0.4, -0.2) is 15.4 Å². The lowest BCUT2D eigenvalue weighted by Crippen LogP contribution is -1.83. The number of nitrogens with zero attached hydrogens (tertiary/aromatic N) is 3. The summed E-state index contributed by atoms with van der Waals surface area (Å²) in [5.74, 6) is 0. The molecule has 5 heteroatoms. The lowest BCUT2D eigenvalue weighted by atomic mass is 10.7. The van der Waals surface area contributed by atoms with Crippen LogP contribution >= 0.6 is 22.5 Å². The SMILES string of the molecule is SSc1ccnnn1. The fourth-order valence-electron chi connectivity index (χ4n) is 0.279. The predicted octanol–water partition coefficient (Wildman–Crippen LogP) is 0.808. The van der Waals surface area contributed by atoms with Gasteiger partial charge in [0.2, 0.25) is 0 Å². The van der Waals surface area contributed by atoms with E-state index in [1.165, 1.54) is 10.8 Å². The standard InChI is InChI=1S/C3H3N3S2/c7-8-3-1-2-4-6-5-3/h1-2,7H. The van der Waals surface area contributed by atoms with E-state index in [1.54, 1.807) is 12.3 Å². The minimum atomic E-state index is 0.767. The fourth-order valence-corrected chi connectivity index (χ4v) is 0.766. The fraction of sp³-hybridized carbons (Fsp3) is 0. The van der Waals surface area contributed by atoms with Crippen LogP contribution in [0.5, 0.6) is 0 Å². The van der Waals surface area contributed by atoms with Crippen LogP contribution in [0.15, 0.2) is 17.3 Å². The van der Waals surface area contributed by atoms with E-state index in [0.717, 1.165) is 5.03 Å². The highest BCUT2D eigenvalue weighted by Crippen LogP contribution is 2.15. The lowest BCUT2D eigenvalue weighted by molar-refractivity contribution is 0.806. The quantitative estimate of drug-likeness (QED) is 0.469. The van der Waals surface area contributed by atoms with E-state index >= 15 is 0 Å². The van der Waals surface area contributed by atoms with Crippen molar-refractivity contribution in [3.63, 3.8) is 0 Å². The number of thiol groups is 1. The Balaban J connectivity index is 2.83. The molecule has 0 amide bonds. The molecule has 1 aromatic rings. The van der Waals surface area contributed by atoms with Crippen molar-refractivity contribution >= 4 is 22.5 Å². The van der Waals surface area contributed by atoms with Gasteiger partial charge in [-0.3, -0.25) is 0 Å². The third-order valence-electron chi connectivity index (χ3n) is 0.572. The van der Waals surface area contributed by atoms with Crippen molar-refractivity contribution in [3.8, 4) is 0 Å². The Morgan fingerprint density at radius 2 is 2.50 bits per heavy atom. The molecule has 0 atom stereocenters. The summed E-state index contributed by atoms with van der Waals surface area (Å²) in [5.41, 5.74) is 0. The van der Waals surface area contributed by atoms with Crippen molar-refractivity contribution in [2.45, 2.75) is 5.03 Å². The number of rotatable bonds is 1. The zero-order chi connectivity index (χ0) is 5.82. The Morgan fingerprint density at radius 3 is 2.88 bits per heavy atom. The van der Waals surface area contributed by atoms with Crippen molar-refractivity contribution in [1.82, 2.24) is 15.4 Å². The molecule has 0 unspecified atom stereocenters. The summed E-state index contributed by atoms with van der Waals surface area (Å²) in [5, 5.41) is 11.3. The summed E-state index contributed by atoms with van der Waals surface area (Å²) in [7, 11) is 1.25. The van der Waals surface area contributed by atoms with Gasteiger partial charge in [0.1, 0.15) is 5.03 Å². The molecule has 1 rings (SSSR count). The van der Waals surface area contributed by atoms with Crippen molar-refractivity contribution < 1.29 is 0 Å². The molecule has 0 aliphatic rings. The first-order valence-electron chi connectivity index (χ1n) is 1.89. The molecular formula is C3H3N3S2. The van der Waals surface area contributed by atoms with Crippen LogP contribution in [0.4, 0.5) is 0 Å². The normalized spacial score (nSPS) is 9.12. The third-order valence-corrected chi connectivity index (χ3v) is 1.54. The first-order valence-corrected chi connectivity index (χ1v) is 3.76. The van der Waals surface area contributed by atoms with Crippen LogP contribution in [0.1, 0.15) is 0 Å². The molecule has 0 spiro atoms. The molecule has 8 heavy (non-hydrogen) atoms. The van der Waals surface area contributed by atoms with Gasteiger partial charge in [-0.25, -0.2) is 0 Å². The Morgan fingerprint density at radius 1 is 1.62 bits per heavy atom. The van der Waals surface area contributed by atoms with Crippen molar-refractivity contribution in [3.05, 3.63) is 12.3 Å². The molecule has 1 heterocycles. The highest BCUT2D eigenvalue weighted by molar-refractivity contribution is 8.68. The smallest absolute Gasteiger partial charge is 0.132 e. The van der Waals surface area contributed by atoms with Crippen LogP contribution in [0.3, 0.4) is 0 Å². The maximum absolute atomic E-state index is 3.90. The van der Waals surface area contributed by atoms with E-state index in [0.29, 0.717) is 0 Å². The molecular weight excluding hydrogens is 142 g/mol. The lowest BCUT2D eigenvalue weighted by Gasteiger charge is -1.84. The minimum absolute atomic E-state index is 0.767. The van der Waals surface area contributed by atoms with Crippen LogP contribution in [0.2, 0.25) is 0 Å². The average Bonchev–Trinajstić information content (AvgIpc) is 1.90. The van der Waals surface area contributed by atoms with Gasteiger partial charge in [0.15, 0.2) is 0 Å². The second-order valence-electron chi connectivity index (χ2n) is 1.05. The van der Waals surface area contributed by atoms with Crippen LogP contribution in [-0.2, 0) is 0 Å².